The molecule has 0 radical (unpaired) electrons. The molecule has 0 spiro atoms. The van der Waals surface area contributed by atoms with Crippen molar-refractivity contribution in [1.82, 2.24) is 5.32 Å². The fourth-order valence-electron chi connectivity index (χ4n) is 1.77. The van der Waals surface area contributed by atoms with Gasteiger partial charge in [-0.15, -0.1) is 0 Å². The summed E-state index contributed by atoms with van der Waals surface area (Å²) in [5, 5.41) is 12.1. The van der Waals surface area contributed by atoms with E-state index < -0.39 is 12.1 Å². The van der Waals surface area contributed by atoms with Gasteiger partial charge in [-0.1, -0.05) is 60.1 Å². The van der Waals surface area contributed by atoms with E-state index in [-0.39, 0.29) is 6.61 Å². The minimum absolute atomic E-state index is 0.146. The molecule has 1 unspecified atom stereocenters. The molecule has 2 aromatic rings. The summed E-state index contributed by atoms with van der Waals surface area (Å²) in [6.07, 6.45) is -0.662. The Morgan fingerprint density at radius 1 is 1.19 bits per heavy atom. The van der Waals surface area contributed by atoms with Crippen LogP contribution in [0.3, 0.4) is 0 Å². The summed E-state index contributed by atoms with van der Waals surface area (Å²) in [4.78, 5) is 11.7. The molecule has 0 bridgehead atoms. The van der Waals surface area contributed by atoms with Crippen molar-refractivity contribution in [3.8, 4) is 6.07 Å². The number of nitrogens with zero attached hydrogens (tertiary/aromatic N) is 1. The van der Waals surface area contributed by atoms with Crippen LogP contribution in [-0.2, 0) is 11.3 Å². The lowest BCUT2D eigenvalue weighted by atomic mass is 10.1. The van der Waals surface area contributed by atoms with E-state index in [1.165, 1.54) is 0 Å². The van der Waals surface area contributed by atoms with E-state index in [2.05, 4.69) is 5.32 Å². The van der Waals surface area contributed by atoms with Gasteiger partial charge in [-0.05, 0) is 11.6 Å². The van der Waals surface area contributed by atoms with Gasteiger partial charge in [0.15, 0.2) is 0 Å². The first-order valence-corrected chi connectivity index (χ1v) is 6.70. The van der Waals surface area contributed by atoms with E-state index >= 15 is 0 Å². The zero-order valence-electron chi connectivity index (χ0n) is 11.1. The molecule has 0 aliphatic heterocycles. The lowest BCUT2D eigenvalue weighted by Gasteiger charge is -2.13. The second-order valence-corrected chi connectivity index (χ2v) is 4.70. The maximum absolute atomic E-state index is 11.7. The fourth-order valence-corrected chi connectivity index (χ4v) is 2.02. The van der Waals surface area contributed by atoms with Gasteiger partial charge < -0.3 is 10.1 Å². The number of rotatable bonds is 4. The molecule has 0 fully saturated rings. The summed E-state index contributed by atoms with van der Waals surface area (Å²) in [5.41, 5.74) is 1.41. The van der Waals surface area contributed by atoms with Gasteiger partial charge in [0.25, 0.3) is 0 Å². The summed E-state index contributed by atoms with van der Waals surface area (Å²) < 4.78 is 5.08. The molecule has 4 nitrogen and oxygen atoms in total. The second-order valence-electron chi connectivity index (χ2n) is 4.29. The van der Waals surface area contributed by atoms with Crippen molar-refractivity contribution >= 4 is 17.7 Å². The molecule has 0 saturated carbocycles. The first-order valence-electron chi connectivity index (χ1n) is 6.32. The molecule has 5 heteroatoms. The van der Waals surface area contributed by atoms with Crippen molar-refractivity contribution in [2.75, 3.05) is 0 Å². The van der Waals surface area contributed by atoms with Gasteiger partial charge in [0.2, 0.25) is 0 Å². The highest BCUT2D eigenvalue weighted by molar-refractivity contribution is 6.31. The van der Waals surface area contributed by atoms with Gasteiger partial charge in [-0.3, -0.25) is 0 Å². The predicted molar refractivity (Wildman–Crippen MR) is 79.6 cm³/mol. The van der Waals surface area contributed by atoms with Crippen LogP contribution in [0.4, 0.5) is 4.79 Å². The summed E-state index contributed by atoms with van der Waals surface area (Å²) in [5.74, 6) is 0. The third-order valence-corrected chi connectivity index (χ3v) is 3.16. The molecular weight excluding hydrogens is 288 g/mol. The lowest BCUT2D eigenvalue weighted by molar-refractivity contribution is 0.137. The van der Waals surface area contributed by atoms with Crippen molar-refractivity contribution in [3.05, 3.63) is 70.7 Å². The van der Waals surface area contributed by atoms with Crippen LogP contribution in [0.15, 0.2) is 54.6 Å². The van der Waals surface area contributed by atoms with Gasteiger partial charge >= 0.3 is 6.09 Å². The molecule has 0 aliphatic rings. The monoisotopic (exact) mass is 300 g/mol. The van der Waals surface area contributed by atoms with E-state index in [0.717, 1.165) is 5.56 Å². The maximum Gasteiger partial charge on any atom is 0.408 e. The Morgan fingerprint density at radius 3 is 2.52 bits per heavy atom. The Kier molecular flexibility index (Phi) is 5.19. The smallest absolute Gasteiger partial charge is 0.408 e. The minimum Gasteiger partial charge on any atom is -0.445 e. The van der Waals surface area contributed by atoms with Gasteiger partial charge in [0.1, 0.15) is 12.6 Å². The number of halogens is 1. The van der Waals surface area contributed by atoms with Crippen LogP contribution < -0.4 is 5.32 Å². The Morgan fingerprint density at radius 2 is 1.86 bits per heavy atom. The van der Waals surface area contributed by atoms with Crippen LogP contribution in [0.1, 0.15) is 17.2 Å². The molecule has 1 amide bonds. The number of nitrogens with one attached hydrogen (secondary N) is 1. The first kappa shape index (κ1) is 14.9. The maximum atomic E-state index is 11.7. The number of nitriles is 1. The number of carbonyl (C=O) groups is 1. The lowest BCUT2D eigenvalue weighted by Crippen LogP contribution is -2.28. The highest BCUT2D eigenvalue weighted by Crippen LogP contribution is 2.22. The van der Waals surface area contributed by atoms with Crippen molar-refractivity contribution in [3.63, 3.8) is 0 Å². The Balaban J connectivity index is 1.95. The molecule has 1 N–H and O–H groups in total. The molecule has 0 saturated heterocycles. The normalized spacial score (nSPS) is 11.2. The van der Waals surface area contributed by atoms with E-state index in [1.807, 2.05) is 36.4 Å². The van der Waals surface area contributed by atoms with E-state index in [9.17, 15) is 4.79 Å². The Hall–Kier alpha value is -2.51. The van der Waals surface area contributed by atoms with Gasteiger partial charge in [-0.25, -0.2) is 4.79 Å². The number of hydrogen-bond acceptors (Lipinski definition) is 3. The zero-order valence-corrected chi connectivity index (χ0v) is 11.9. The number of alkyl carbamates (subject to hydrolysis) is 1. The van der Waals surface area contributed by atoms with Crippen LogP contribution in [0, 0.1) is 11.3 Å². The van der Waals surface area contributed by atoms with Gasteiger partial charge in [-0.2, -0.15) is 5.26 Å². The highest BCUT2D eigenvalue weighted by atomic mass is 35.5. The Labute approximate surface area is 127 Å². The standard InChI is InChI=1S/C16H13ClN2O2/c17-14-9-5-4-8-13(14)15(10-18)19-16(20)21-11-12-6-2-1-3-7-12/h1-9,15H,11H2,(H,19,20). The SMILES string of the molecule is N#CC(NC(=O)OCc1ccccc1)c1ccccc1Cl. The quantitative estimate of drug-likeness (QED) is 0.933. The van der Waals surface area contributed by atoms with Crippen LogP contribution in [0.25, 0.3) is 0 Å². The van der Waals surface area contributed by atoms with Gasteiger partial charge in [0, 0.05) is 10.6 Å². The predicted octanol–water partition coefficient (Wildman–Crippen LogP) is 3.83. The van der Waals surface area contributed by atoms with Crippen LogP contribution in [0.5, 0.6) is 0 Å². The van der Waals surface area contributed by atoms with Crippen molar-refractivity contribution in [1.29, 1.82) is 5.26 Å². The molecule has 1 atom stereocenters. The van der Waals surface area contributed by atoms with Crippen molar-refractivity contribution in [2.45, 2.75) is 12.6 Å². The van der Waals surface area contributed by atoms with E-state index in [1.54, 1.807) is 24.3 Å². The molecule has 0 aliphatic carbocycles. The number of amides is 1. The van der Waals surface area contributed by atoms with E-state index in [0.29, 0.717) is 10.6 Å². The average Bonchev–Trinajstić information content (AvgIpc) is 2.52. The van der Waals surface area contributed by atoms with Crippen molar-refractivity contribution < 1.29 is 9.53 Å². The van der Waals surface area contributed by atoms with Gasteiger partial charge in [0.05, 0.1) is 6.07 Å². The van der Waals surface area contributed by atoms with Crippen LogP contribution in [-0.4, -0.2) is 6.09 Å². The van der Waals surface area contributed by atoms with Crippen molar-refractivity contribution in [2.24, 2.45) is 0 Å². The number of ether oxygens (including phenoxy) is 1. The average molecular weight is 301 g/mol. The first-order chi connectivity index (χ1) is 10.2. The third kappa shape index (κ3) is 4.23. The fraction of sp³-hybridized carbons (Fsp3) is 0.125. The van der Waals surface area contributed by atoms with Crippen LogP contribution >= 0.6 is 11.6 Å². The molecule has 0 heterocycles. The molecule has 21 heavy (non-hydrogen) atoms. The summed E-state index contributed by atoms with van der Waals surface area (Å²) in [7, 11) is 0. The van der Waals surface area contributed by atoms with E-state index in [4.69, 9.17) is 21.6 Å². The summed E-state index contributed by atoms with van der Waals surface area (Å²) >= 11 is 6.01. The van der Waals surface area contributed by atoms with Crippen LogP contribution in [0.2, 0.25) is 5.02 Å². The summed E-state index contributed by atoms with van der Waals surface area (Å²) in [6.45, 7) is 0.146. The topological polar surface area (TPSA) is 62.1 Å². The second kappa shape index (κ2) is 7.32. The number of carbonyl (C=O) groups excluding carboxylic acids is 1. The third-order valence-electron chi connectivity index (χ3n) is 2.82. The molecule has 106 valence electrons. The highest BCUT2D eigenvalue weighted by Gasteiger charge is 2.17. The molecule has 0 aromatic heterocycles. The molecule has 2 rings (SSSR count). The largest absolute Gasteiger partial charge is 0.445 e. The minimum atomic E-state index is -0.845. The molecule has 2 aromatic carbocycles. The Bertz CT molecular complexity index is 653. The molecular formula is C16H13ClN2O2. The number of hydrogen-bond donors (Lipinski definition) is 1. The zero-order chi connectivity index (χ0) is 15.1. The summed E-state index contributed by atoms with van der Waals surface area (Å²) in [6, 6.07) is 17.3. The number of benzene rings is 2.